The number of aromatic nitrogens is 2. The van der Waals surface area contributed by atoms with Crippen molar-refractivity contribution >= 4 is 58.1 Å². The fourth-order valence-corrected chi connectivity index (χ4v) is 5.06. The van der Waals surface area contributed by atoms with Crippen molar-refractivity contribution in [2.75, 3.05) is 37.7 Å². The Labute approximate surface area is 187 Å². The second-order valence-corrected chi connectivity index (χ2v) is 8.87. The minimum atomic E-state index is -0.842. The Morgan fingerprint density at radius 2 is 1.97 bits per heavy atom. The van der Waals surface area contributed by atoms with Gasteiger partial charge < -0.3 is 20.3 Å². The molecule has 1 saturated carbocycles. The molecule has 2 N–H and O–H groups in total. The first-order valence-electron chi connectivity index (χ1n) is 9.51. The molecule has 1 saturated heterocycles. The SMILES string of the molecule is CCOC1CC(N)(C(=O)N2CCN(c3ncnc4ccsc34)CC2)C1(C)C.Cl.Cl. The van der Waals surface area contributed by atoms with Crippen LogP contribution in [-0.4, -0.2) is 65.2 Å². The fraction of sp³-hybridized carbons (Fsp3) is 0.632. The third kappa shape index (κ3) is 3.81. The highest BCUT2D eigenvalue weighted by atomic mass is 35.5. The van der Waals surface area contributed by atoms with Gasteiger partial charge in [-0.25, -0.2) is 9.97 Å². The summed E-state index contributed by atoms with van der Waals surface area (Å²) in [7, 11) is 0. The highest BCUT2D eigenvalue weighted by Crippen LogP contribution is 2.50. The van der Waals surface area contributed by atoms with E-state index < -0.39 is 5.54 Å². The molecule has 0 radical (unpaired) electrons. The molecule has 2 aliphatic rings. The van der Waals surface area contributed by atoms with E-state index in [0.717, 1.165) is 29.1 Å². The van der Waals surface area contributed by atoms with Crippen LogP contribution in [0.1, 0.15) is 27.2 Å². The van der Waals surface area contributed by atoms with Gasteiger partial charge >= 0.3 is 0 Å². The number of carbonyl (C=O) groups is 1. The van der Waals surface area contributed by atoms with Crippen molar-refractivity contribution in [1.82, 2.24) is 14.9 Å². The maximum absolute atomic E-state index is 13.2. The van der Waals surface area contributed by atoms with Crippen molar-refractivity contribution in [3.05, 3.63) is 17.8 Å². The van der Waals surface area contributed by atoms with Crippen molar-refractivity contribution in [2.45, 2.75) is 38.8 Å². The number of nitrogens with two attached hydrogens (primary N) is 1. The largest absolute Gasteiger partial charge is 0.378 e. The molecular formula is C19H29Cl2N5O2S. The fourth-order valence-electron chi connectivity index (χ4n) is 4.20. The van der Waals surface area contributed by atoms with Crippen LogP contribution in [0.4, 0.5) is 5.82 Å². The predicted molar refractivity (Wildman–Crippen MR) is 121 cm³/mol. The normalized spacial score (nSPS) is 25.7. The number of ether oxygens (including phenoxy) is 1. The summed E-state index contributed by atoms with van der Waals surface area (Å²) >= 11 is 1.66. The highest BCUT2D eigenvalue weighted by Gasteiger charge is 2.63. The Morgan fingerprint density at radius 3 is 2.59 bits per heavy atom. The number of hydrogen-bond donors (Lipinski definition) is 1. The Hall–Kier alpha value is -1.19. The molecule has 1 aliphatic heterocycles. The Kier molecular flexibility index (Phi) is 7.39. The maximum atomic E-state index is 13.2. The zero-order valence-electron chi connectivity index (χ0n) is 17.0. The number of amides is 1. The second-order valence-electron chi connectivity index (χ2n) is 7.95. The smallest absolute Gasteiger partial charge is 0.243 e. The van der Waals surface area contributed by atoms with Crippen LogP contribution in [0.15, 0.2) is 17.8 Å². The summed E-state index contributed by atoms with van der Waals surface area (Å²) < 4.78 is 6.87. The molecule has 2 atom stereocenters. The van der Waals surface area contributed by atoms with Crippen LogP contribution in [0.3, 0.4) is 0 Å². The summed E-state index contributed by atoms with van der Waals surface area (Å²) in [6, 6.07) is 2.01. The molecule has 2 unspecified atom stereocenters. The Balaban J connectivity index is 0.00000150. The molecule has 0 spiro atoms. The third-order valence-corrected chi connectivity index (χ3v) is 7.20. The Morgan fingerprint density at radius 1 is 1.28 bits per heavy atom. The lowest BCUT2D eigenvalue weighted by atomic mass is 9.54. The number of fused-ring (bicyclic) bond motifs is 1. The Bertz CT molecular complexity index is 856. The first-order chi connectivity index (χ1) is 12.9. The molecular weight excluding hydrogens is 433 g/mol. The van der Waals surface area contributed by atoms with E-state index >= 15 is 0 Å². The first kappa shape index (κ1) is 24.1. The van der Waals surface area contributed by atoms with Gasteiger partial charge in [0, 0.05) is 44.6 Å². The van der Waals surface area contributed by atoms with E-state index in [4.69, 9.17) is 10.5 Å². The van der Waals surface area contributed by atoms with Gasteiger partial charge in [-0.05, 0) is 18.4 Å². The number of carbonyl (C=O) groups excluding carboxylic acids is 1. The maximum Gasteiger partial charge on any atom is 0.243 e. The lowest BCUT2D eigenvalue weighted by molar-refractivity contribution is -0.179. The van der Waals surface area contributed by atoms with E-state index in [1.165, 1.54) is 0 Å². The van der Waals surface area contributed by atoms with E-state index in [2.05, 4.69) is 14.9 Å². The standard InChI is InChI=1S/C19H27N5O2S.2ClH/c1-4-26-14-11-19(20,18(14,2)3)17(25)24-8-6-23(7-9-24)16-15-13(5-10-27-15)21-12-22-16;;/h5,10,12,14H,4,6-9,11,20H2,1-3H3;2*1H. The van der Waals surface area contributed by atoms with Gasteiger partial charge in [-0.15, -0.1) is 36.2 Å². The van der Waals surface area contributed by atoms with Gasteiger partial charge in [-0.2, -0.15) is 0 Å². The molecule has 1 aliphatic carbocycles. The molecule has 2 fully saturated rings. The summed E-state index contributed by atoms with van der Waals surface area (Å²) in [5, 5.41) is 2.04. The van der Waals surface area contributed by atoms with Crippen molar-refractivity contribution in [3.63, 3.8) is 0 Å². The van der Waals surface area contributed by atoms with Crippen LogP contribution in [0.25, 0.3) is 10.2 Å². The number of rotatable bonds is 4. The summed E-state index contributed by atoms with van der Waals surface area (Å²) in [4.78, 5) is 26.1. The zero-order chi connectivity index (χ0) is 19.2. The topological polar surface area (TPSA) is 84.6 Å². The average molecular weight is 462 g/mol. The van der Waals surface area contributed by atoms with E-state index in [1.54, 1.807) is 17.7 Å². The first-order valence-corrected chi connectivity index (χ1v) is 10.4. The summed E-state index contributed by atoms with van der Waals surface area (Å²) in [5.41, 5.74) is 6.36. The number of nitrogens with zero attached hydrogens (tertiary/aromatic N) is 4. The summed E-state index contributed by atoms with van der Waals surface area (Å²) in [5.74, 6) is 1.01. The van der Waals surface area contributed by atoms with Gasteiger partial charge in [0.05, 0.1) is 16.3 Å². The molecule has 0 bridgehead atoms. The second kappa shape index (κ2) is 8.89. The average Bonchev–Trinajstić information content (AvgIpc) is 3.16. The number of halogens is 2. The minimum Gasteiger partial charge on any atom is -0.378 e. The molecule has 29 heavy (non-hydrogen) atoms. The van der Waals surface area contributed by atoms with E-state index in [-0.39, 0.29) is 42.2 Å². The van der Waals surface area contributed by atoms with Crippen LogP contribution >= 0.6 is 36.2 Å². The van der Waals surface area contributed by atoms with Crippen LogP contribution in [-0.2, 0) is 9.53 Å². The predicted octanol–water partition coefficient (Wildman–Crippen LogP) is 2.72. The number of thiophene rings is 1. The lowest BCUT2D eigenvalue weighted by Crippen LogP contribution is -2.76. The molecule has 4 rings (SSSR count). The van der Waals surface area contributed by atoms with Gasteiger partial charge in [0.15, 0.2) is 0 Å². The third-order valence-electron chi connectivity index (χ3n) is 6.30. The lowest BCUT2D eigenvalue weighted by Gasteiger charge is -2.59. The summed E-state index contributed by atoms with van der Waals surface area (Å²) in [6.07, 6.45) is 2.25. The summed E-state index contributed by atoms with van der Waals surface area (Å²) in [6.45, 7) is 9.52. The van der Waals surface area contributed by atoms with Crippen molar-refractivity contribution in [1.29, 1.82) is 0 Å². The van der Waals surface area contributed by atoms with Crippen molar-refractivity contribution in [3.8, 4) is 0 Å². The number of piperazine rings is 1. The van der Waals surface area contributed by atoms with Gasteiger partial charge in [-0.1, -0.05) is 13.8 Å². The van der Waals surface area contributed by atoms with Crippen LogP contribution in [0.2, 0.25) is 0 Å². The minimum absolute atomic E-state index is 0. The van der Waals surface area contributed by atoms with Gasteiger partial charge in [0.2, 0.25) is 5.91 Å². The molecule has 2 aromatic rings. The highest BCUT2D eigenvalue weighted by molar-refractivity contribution is 7.17. The molecule has 0 aromatic carbocycles. The van der Waals surface area contributed by atoms with E-state index in [0.29, 0.717) is 26.1 Å². The van der Waals surface area contributed by atoms with Crippen LogP contribution in [0, 0.1) is 5.41 Å². The van der Waals surface area contributed by atoms with Gasteiger partial charge in [-0.3, -0.25) is 4.79 Å². The van der Waals surface area contributed by atoms with Gasteiger partial charge in [0.1, 0.15) is 17.7 Å². The van der Waals surface area contributed by atoms with Crippen LogP contribution < -0.4 is 10.6 Å². The van der Waals surface area contributed by atoms with Crippen molar-refractivity contribution < 1.29 is 9.53 Å². The molecule has 7 nitrogen and oxygen atoms in total. The zero-order valence-corrected chi connectivity index (χ0v) is 19.4. The molecule has 162 valence electrons. The molecule has 1 amide bonds. The number of hydrogen-bond acceptors (Lipinski definition) is 7. The molecule has 3 heterocycles. The van der Waals surface area contributed by atoms with Crippen molar-refractivity contribution in [2.24, 2.45) is 11.1 Å². The van der Waals surface area contributed by atoms with E-state index in [1.807, 2.05) is 37.1 Å². The van der Waals surface area contributed by atoms with Gasteiger partial charge in [0.25, 0.3) is 0 Å². The quantitative estimate of drug-likeness (QED) is 0.752. The van der Waals surface area contributed by atoms with Crippen LogP contribution in [0.5, 0.6) is 0 Å². The van der Waals surface area contributed by atoms with E-state index in [9.17, 15) is 4.79 Å². The molecule has 2 aromatic heterocycles. The monoisotopic (exact) mass is 461 g/mol. The molecule has 10 heteroatoms. The number of anilines is 1.